The number of fused-ring (bicyclic) bond motifs is 1. The van der Waals surface area contributed by atoms with E-state index in [1.807, 2.05) is 0 Å². The van der Waals surface area contributed by atoms with Crippen LogP contribution in [0, 0.1) is 0 Å². The summed E-state index contributed by atoms with van der Waals surface area (Å²) in [5, 5.41) is 28.5. The van der Waals surface area contributed by atoms with Gasteiger partial charge in [-0.05, 0) is 29.3 Å². The summed E-state index contributed by atoms with van der Waals surface area (Å²) in [6, 6.07) is 8.04. The van der Waals surface area contributed by atoms with E-state index in [0.717, 1.165) is 11.1 Å². The van der Waals surface area contributed by atoms with Crippen molar-refractivity contribution < 1.29 is 20.1 Å². The van der Waals surface area contributed by atoms with Crippen molar-refractivity contribution in [2.24, 2.45) is 0 Å². The molecule has 0 spiro atoms. The Kier molecular flexibility index (Phi) is 2.95. The lowest BCUT2D eigenvalue weighted by Gasteiger charge is -2.20. The molecule has 1 aliphatic rings. The van der Waals surface area contributed by atoms with Crippen LogP contribution in [-0.2, 0) is 0 Å². The zero-order valence-corrected chi connectivity index (χ0v) is 11.1. The van der Waals surface area contributed by atoms with Gasteiger partial charge in [-0.25, -0.2) is 0 Å². The van der Waals surface area contributed by atoms with E-state index >= 15 is 0 Å². The monoisotopic (exact) mass is 290 g/mol. The van der Waals surface area contributed by atoms with Crippen LogP contribution in [0.25, 0.3) is 11.6 Å². The Bertz CT molecular complexity index is 705. The van der Waals surface area contributed by atoms with Crippen LogP contribution in [0.2, 0.25) is 5.02 Å². The smallest absolute Gasteiger partial charge is 0.177 e. The number of ether oxygens (including phenoxy) is 1. The summed E-state index contributed by atoms with van der Waals surface area (Å²) in [6.45, 7) is 0.318. The maximum atomic E-state index is 9.66. The van der Waals surface area contributed by atoms with Crippen molar-refractivity contribution in [3.05, 3.63) is 46.5 Å². The SMILES string of the molecule is Oc1ccc(C2=Cc3c(cc(O)c(O)c3Cl)OC2)cc1. The first kappa shape index (κ1) is 12.7. The first-order valence-electron chi connectivity index (χ1n) is 5.93. The molecular formula is C15H11ClO4. The number of hydrogen-bond donors (Lipinski definition) is 3. The quantitative estimate of drug-likeness (QED) is 0.704. The standard InChI is InChI=1S/C15H11ClO4/c16-14-11-5-9(8-1-3-10(17)4-2-8)7-20-13(11)6-12(18)15(14)19/h1-6,17-19H,7H2. The molecule has 0 saturated heterocycles. The lowest BCUT2D eigenvalue weighted by atomic mass is 10.0. The highest BCUT2D eigenvalue weighted by Crippen LogP contribution is 2.44. The first-order valence-corrected chi connectivity index (χ1v) is 6.31. The molecule has 0 unspecified atom stereocenters. The summed E-state index contributed by atoms with van der Waals surface area (Å²) in [7, 11) is 0. The third kappa shape index (κ3) is 2.04. The second-order valence-corrected chi connectivity index (χ2v) is 4.85. The van der Waals surface area contributed by atoms with E-state index in [2.05, 4.69) is 0 Å². The summed E-state index contributed by atoms with van der Waals surface area (Å²) in [5.41, 5.74) is 2.28. The third-order valence-electron chi connectivity index (χ3n) is 3.16. The van der Waals surface area contributed by atoms with Crippen LogP contribution in [0.3, 0.4) is 0 Å². The molecule has 3 rings (SSSR count). The van der Waals surface area contributed by atoms with E-state index in [1.54, 1.807) is 30.3 Å². The van der Waals surface area contributed by atoms with Gasteiger partial charge < -0.3 is 20.1 Å². The largest absolute Gasteiger partial charge is 0.508 e. The van der Waals surface area contributed by atoms with Crippen LogP contribution in [-0.4, -0.2) is 21.9 Å². The fourth-order valence-electron chi connectivity index (χ4n) is 2.09. The highest BCUT2D eigenvalue weighted by molar-refractivity contribution is 6.34. The van der Waals surface area contributed by atoms with Gasteiger partial charge >= 0.3 is 0 Å². The van der Waals surface area contributed by atoms with Gasteiger partial charge in [0.1, 0.15) is 18.1 Å². The molecule has 3 N–H and O–H groups in total. The van der Waals surface area contributed by atoms with Crippen molar-refractivity contribution in [3.63, 3.8) is 0 Å². The van der Waals surface area contributed by atoms with Crippen molar-refractivity contribution in [1.82, 2.24) is 0 Å². The Morgan fingerprint density at radius 3 is 2.45 bits per heavy atom. The van der Waals surface area contributed by atoms with Gasteiger partial charge in [-0.3, -0.25) is 0 Å². The minimum Gasteiger partial charge on any atom is -0.508 e. The number of aromatic hydroxyl groups is 3. The predicted molar refractivity (Wildman–Crippen MR) is 76.3 cm³/mol. The second kappa shape index (κ2) is 4.65. The average molecular weight is 291 g/mol. The maximum Gasteiger partial charge on any atom is 0.177 e. The van der Waals surface area contributed by atoms with E-state index in [9.17, 15) is 15.3 Å². The van der Waals surface area contributed by atoms with Gasteiger partial charge in [-0.15, -0.1) is 0 Å². The molecule has 4 nitrogen and oxygen atoms in total. The normalized spacial score (nSPS) is 13.3. The molecule has 0 atom stereocenters. The van der Waals surface area contributed by atoms with E-state index in [1.165, 1.54) is 6.07 Å². The topological polar surface area (TPSA) is 69.9 Å². The van der Waals surface area contributed by atoms with Crippen molar-refractivity contribution in [1.29, 1.82) is 0 Å². The molecule has 2 aromatic carbocycles. The molecule has 0 radical (unpaired) electrons. The van der Waals surface area contributed by atoms with E-state index < -0.39 is 0 Å². The minimum absolute atomic E-state index is 0.0518. The van der Waals surface area contributed by atoms with Crippen LogP contribution < -0.4 is 4.74 Å². The highest BCUT2D eigenvalue weighted by Gasteiger charge is 2.20. The van der Waals surface area contributed by atoms with E-state index in [0.29, 0.717) is 17.9 Å². The molecule has 0 bridgehead atoms. The number of halogens is 1. The Balaban J connectivity index is 2.10. The van der Waals surface area contributed by atoms with Crippen molar-refractivity contribution in [2.75, 3.05) is 6.61 Å². The van der Waals surface area contributed by atoms with Gasteiger partial charge in [0, 0.05) is 11.6 Å². The molecule has 2 aromatic rings. The first-order chi connectivity index (χ1) is 9.56. The molecule has 1 heterocycles. The lowest BCUT2D eigenvalue weighted by molar-refractivity contribution is 0.356. The predicted octanol–water partition coefficient (Wildman–Crippen LogP) is 3.39. The molecule has 0 aromatic heterocycles. The van der Waals surface area contributed by atoms with Crippen LogP contribution in [0.1, 0.15) is 11.1 Å². The number of hydrogen-bond acceptors (Lipinski definition) is 4. The van der Waals surface area contributed by atoms with E-state index in [-0.39, 0.29) is 22.3 Å². The van der Waals surface area contributed by atoms with Gasteiger partial charge in [0.15, 0.2) is 11.5 Å². The summed E-state index contributed by atoms with van der Waals surface area (Å²) < 4.78 is 5.55. The van der Waals surface area contributed by atoms with Crippen molar-refractivity contribution >= 4 is 23.3 Å². The van der Waals surface area contributed by atoms with Crippen LogP contribution in [0.4, 0.5) is 0 Å². The summed E-state index contributed by atoms with van der Waals surface area (Å²) in [4.78, 5) is 0. The summed E-state index contributed by atoms with van der Waals surface area (Å²) >= 11 is 6.02. The number of phenolic OH excluding ortho intramolecular Hbond substituents is 3. The molecule has 102 valence electrons. The maximum absolute atomic E-state index is 9.66. The molecule has 0 fully saturated rings. The Morgan fingerprint density at radius 2 is 1.75 bits per heavy atom. The average Bonchev–Trinajstić information content (AvgIpc) is 2.46. The third-order valence-corrected chi connectivity index (χ3v) is 3.54. The molecule has 20 heavy (non-hydrogen) atoms. The highest BCUT2D eigenvalue weighted by atomic mass is 35.5. The molecular weight excluding hydrogens is 280 g/mol. The second-order valence-electron chi connectivity index (χ2n) is 4.48. The lowest BCUT2D eigenvalue weighted by Crippen LogP contribution is -2.07. The van der Waals surface area contributed by atoms with Gasteiger partial charge in [0.2, 0.25) is 0 Å². The summed E-state index contributed by atoms with van der Waals surface area (Å²) in [6.07, 6.45) is 1.80. The molecule has 0 saturated carbocycles. The fraction of sp³-hybridized carbons (Fsp3) is 0.0667. The molecule has 5 heteroatoms. The Labute approximate surface area is 120 Å². The zero-order chi connectivity index (χ0) is 14.3. The zero-order valence-electron chi connectivity index (χ0n) is 10.3. The minimum atomic E-state index is -0.364. The van der Waals surface area contributed by atoms with Crippen LogP contribution in [0.5, 0.6) is 23.0 Å². The number of phenols is 3. The Hall–Kier alpha value is -2.33. The van der Waals surface area contributed by atoms with Crippen LogP contribution in [0.15, 0.2) is 30.3 Å². The van der Waals surface area contributed by atoms with Gasteiger partial charge in [-0.1, -0.05) is 23.7 Å². The van der Waals surface area contributed by atoms with Crippen molar-refractivity contribution in [3.8, 4) is 23.0 Å². The van der Waals surface area contributed by atoms with Crippen molar-refractivity contribution in [2.45, 2.75) is 0 Å². The number of benzene rings is 2. The molecule has 0 amide bonds. The Morgan fingerprint density at radius 1 is 1.05 bits per heavy atom. The fourth-order valence-corrected chi connectivity index (χ4v) is 2.33. The molecule has 1 aliphatic heterocycles. The molecule has 0 aliphatic carbocycles. The van der Waals surface area contributed by atoms with Gasteiger partial charge in [0.25, 0.3) is 0 Å². The van der Waals surface area contributed by atoms with E-state index in [4.69, 9.17) is 16.3 Å². The van der Waals surface area contributed by atoms with Crippen LogP contribution >= 0.6 is 11.6 Å². The van der Waals surface area contributed by atoms with Gasteiger partial charge in [-0.2, -0.15) is 0 Å². The summed E-state index contributed by atoms with van der Waals surface area (Å²) in [5.74, 6) is -0.0626. The van der Waals surface area contributed by atoms with Gasteiger partial charge in [0.05, 0.1) is 5.02 Å². The number of rotatable bonds is 1.